The fourth-order valence-electron chi connectivity index (χ4n) is 16.5. The largest absolute Gasteiger partial charge is 0.394 e. The summed E-state index contributed by atoms with van der Waals surface area (Å²) in [5, 5.41) is 232. The Kier molecular flexibility index (Phi) is 47.8. The molecular formula is C82H147N3O37. The number of aliphatic hydroxyl groups excluding tert-OH is 20. The molecule has 122 heavy (non-hydrogen) atoms. The van der Waals surface area contributed by atoms with Crippen molar-refractivity contribution in [3.8, 4) is 0 Å². The molecule has 7 aliphatic heterocycles. The lowest BCUT2D eigenvalue weighted by molar-refractivity contribution is -0.392. The minimum absolute atomic E-state index is 0.166. The fourth-order valence-corrected chi connectivity index (χ4v) is 16.5. The maximum absolute atomic E-state index is 13.6. The summed E-state index contributed by atoms with van der Waals surface area (Å²) in [4.78, 5) is 39.5. The van der Waals surface area contributed by atoms with Crippen LogP contribution < -0.4 is 16.0 Å². The second kappa shape index (κ2) is 55.1. The smallest absolute Gasteiger partial charge is 0.220 e. The van der Waals surface area contributed by atoms with Crippen molar-refractivity contribution in [3.63, 3.8) is 0 Å². The second-order valence-electron chi connectivity index (χ2n) is 33.4. The highest BCUT2D eigenvalue weighted by atomic mass is 16.8. The van der Waals surface area contributed by atoms with Crippen LogP contribution in [0.25, 0.3) is 0 Å². The molecule has 0 aromatic rings. The number of amides is 3. The van der Waals surface area contributed by atoms with Crippen molar-refractivity contribution in [2.24, 2.45) is 0 Å². The Balaban J connectivity index is 0.992. The number of carbonyl (C=O) groups excluding carboxylic acids is 3. The molecule has 37 atom stereocenters. The number of aliphatic hydroxyl groups is 20. The van der Waals surface area contributed by atoms with E-state index < -0.39 is 285 Å². The van der Waals surface area contributed by atoms with Crippen LogP contribution in [-0.2, 0) is 80.7 Å². The monoisotopic (exact) mass is 1770 g/mol. The first-order valence-corrected chi connectivity index (χ1v) is 44.3. The molecular weight excluding hydrogens is 1620 g/mol. The SMILES string of the molecule is CCCCCCCCCCCCC/C=C/[C@@H](O)[C@H](CO[C@@H]1OC(CO)[C@@H](O[C@@H]2OC(CO)[C@H](O)[C@H](O[C@@H]3OC(CO)[C@@H](O[C@@H]4OC(CO)[C@H](O)[C@H](O[C@@H]5OC(CO)[C@@H](O[C@@H]6OC(CO)[C@H](O)[C@H](O)C6O[C@H]6OC(C)[C@@H](O)C(O)[C@@H]6O)[C@H](O)C5NC(C)=O)C4O)[C@H](O)C3NC(C)=O)C2O)[C@H](O)C1O)NC(=O)CCCCCCCCCCCCCCCCC. The minimum atomic E-state index is -2.30. The molecule has 0 radical (unpaired) electrons. The highest BCUT2D eigenvalue weighted by Gasteiger charge is 2.60. The third kappa shape index (κ3) is 30.7. The fraction of sp³-hybridized carbons (Fsp3) is 0.939. The Morgan fingerprint density at radius 1 is 0.336 bits per heavy atom. The number of carbonyl (C=O) groups is 3. The maximum Gasteiger partial charge on any atom is 0.220 e. The van der Waals surface area contributed by atoms with E-state index in [4.69, 9.17) is 66.3 Å². The summed E-state index contributed by atoms with van der Waals surface area (Å²) >= 11 is 0. The second-order valence-corrected chi connectivity index (χ2v) is 33.4. The van der Waals surface area contributed by atoms with Crippen molar-refractivity contribution in [3.05, 3.63) is 12.2 Å². The first-order chi connectivity index (χ1) is 58.5. The average Bonchev–Trinajstić information content (AvgIpc) is 0.762. The van der Waals surface area contributed by atoms with Crippen molar-refractivity contribution in [2.75, 3.05) is 46.2 Å². The molecule has 7 rings (SSSR count). The van der Waals surface area contributed by atoms with E-state index in [1.54, 1.807) is 6.08 Å². The molecule has 0 saturated carbocycles. The molecule has 0 aromatic heterocycles. The zero-order valence-corrected chi connectivity index (χ0v) is 71.1. The van der Waals surface area contributed by atoms with E-state index in [2.05, 4.69) is 29.8 Å². The molecule has 0 bridgehead atoms. The van der Waals surface area contributed by atoms with Gasteiger partial charge in [-0.1, -0.05) is 180 Å². The van der Waals surface area contributed by atoms with Gasteiger partial charge in [-0.3, -0.25) is 14.4 Å². The predicted molar refractivity (Wildman–Crippen MR) is 425 cm³/mol. The molecule has 14 unspecified atom stereocenters. The van der Waals surface area contributed by atoms with Crippen molar-refractivity contribution in [2.45, 2.75) is 441 Å². The van der Waals surface area contributed by atoms with E-state index in [-0.39, 0.29) is 12.3 Å². The molecule has 3 amide bonds. The van der Waals surface area contributed by atoms with Gasteiger partial charge < -0.3 is 184 Å². The van der Waals surface area contributed by atoms with Crippen molar-refractivity contribution < 1.29 is 183 Å². The Hall–Kier alpha value is -3.21. The molecule has 712 valence electrons. The lowest BCUT2D eigenvalue weighted by Gasteiger charge is -2.51. The summed E-state index contributed by atoms with van der Waals surface area (Å²) in [5.74, 6) is -2.12. The Morgan fingerprint density at radius 2 is 0.664 bits per heavy atom. The quantitative estimate of drug-likeness (QED) is 0.0207. The molecule has 40 nitrogen and oxygen atoms in total. The predicted octanol–water partition coefficient (Wildman–Crippen LogP) is -3.57. The number of rotatable bonds is 54. The zero-order valence-electron chi connectivity index (χ0n) is 71.1. The zero-order chi connectivity index (χ0) is 89.3. The highest BCUT2D eigenvalue weighted by Crippen LogP contribution is 2.39. The third-order valence-corrected chi connectivity index (χ3v) is 23.8. The summed E-state index contributed by atoms with van der Waals surface area (Å²) in [5.41, 5.74) is 0. The van der Waals surface area contributed by atoms with E-state index in [1.807, 2.05) is 6.08 Å². The van der Waals surface area contributed by atoms with Gasteiger partial charge in [-0.15, -0.1) is 0 Å². The Bertz CT molecular complexity index is 2910. The van der Waals surface area contributed by atoms with Gasteiger partial charge in [0.2, 0.25) is 17.7 Å². The van der Waals surface area contributed by atoms with E-state index in [1.165, 1.54) is 116 Å². The van der Waals surface area contributed by atoms with Crippen molar-refractivity contribution in [1.29, 1.82) is 0 Å². The van der Waals surface area contributed by atoms with Crippen LogP contribution in [0.5, 0.6) is 0 Å². The first kappa shape index (κ1) is 106. The molecule has 0 spiro atoms. The van der Waals surface area contributed by atoms with Crippen molar-refractivity contribution >= 4 is 17.7 Å². The maximum atomic E-state index is 13.6. The Labute approximate surface area is 713 Å². The third-order valence-electron chi connectivity index (χ3n) is 23.8. The van der Waals surface area contributed by atoms with Gasteiger partial charge in [0.1, 0.15) is 165 Å². The van der Waals surface area contributed by atoms with Gasteiger partial charge in [0.05, 0.1) is 64.5 Å². The van der Waals surface area contributed by atoms with Gasteiger partial charge in [0.15, 0.2) is 44.0 Å². The molecule has 7 fully saturated rings. The summed E-state index contributed by atoms with van der Waals surface area (Å²) in [6.07, 6.45) is -30.7. The number of hydrogen-bond acceptors (Lipinski definition) is 37. The number of nitrogens with one attached hydrogen (secondary N) is 3. The number of hydrogen-bond donors (Lipinski definition) is 23. The molecule has 0 aliphatic carbocycles. The van der Waals surface area contributed by atoms with Gasteiger partial charge in [0.25, 0.3) is 0 Å². The molecule has 40 heteroatoms. The lowest BCUT2D eigenvalue weighted by atomic mass is 9.93. The van der Waals surface area contributed by atoms with Crippen LogP contribution in [0.1, 0.15) is 214 Å². The van der Waals surface area contributed by atoms with Crippen LogP contribution >= 0.6 is 0 Å². The van der Waals surface area contributed by atoms with Crippen LogP contribution in [0.2, 0.25) is 0 Å². The van der Waals surface area contributed by atoms with Gasteiger partial charge in [0, 0.05) is 20.3 Å². The Morgan fingerprint density at radius 3 is 1.08 bits per heavy atom. The first-order valence-electron chi connectivity index (χ1n) is 44.3. The van der Waals surface area contributed by atoms with Crippen LogP contribution in [0.4, 0.5) is 0 Å². The standard InChI is InChI=1S/C82H147N3O37/c1-6-8-10-12-14-16-18-20-21-23-25-27-29-31-33-35-54(95)85-46(47(94)34-32-30-28-26-24-22-19-17-15-13-11-9-7-2)42-109-78-67(106)65(104)72(53(41-91)116-78)118-81-69(108)74(60(99)50(38-88)112-81)121-76-55(83-44(4)92)61(100)70(51(39-89)114-76)117-80-68(107)73(59(98)49(37-87)111-80)120-77-56(84-45(5)93)62(101)71(52(40-90)115-77)119-82-75(64(103)58(97)48(36-86)113-82)122-79-66(105)63(102)57(96)43(3)110-79/h32,34,43,46-53,55-82,86-91,94,96-108H,6-31,33,35-42H2,1-5H3,(H,83,92)(H,84,93)(H,85,95)/b34-32+/t43?,46-,47+,48?,49?,50?,51?,52?,53?,55?,56?,57+,58-,59-,60-,61+,62+,63?,64-,65+,66-,67?,68?,69?,70+,71+,72+,73-,74-,75?,76-,77-,78+,79+,80-,81-,82-/m0/s1. The van der Waals surface area contributed by atoms with Gasteiger partial charge in [-0.05, 0) is 26.2 Å². The number of ether oxygens (including phenoxy) is 14. The number of allylic oxidation sites excluding steroid dienone is 1. The lowest BCUT2D eigenvalue weighted by Crippen LogP contribution is -2.71. The summed E-state index contributed by atoms with van der Waals surface area (Å²) in [6.45, 7) is 1.07. The van der Waals surface area contributed by atoms with Crippen molar-refractivity contribution in [1.82, 2.24) is 16.0 Å². The highest BCUT2D eigenvalue weighted by molar-refractivity contribution is 5.76. The van der Waals surface area contributed by atoms with Gasteiger partial charge in [-0.2, -0.15) is 0 Å². The molecule has 0 aromatic carbocycles. The summed E-state index contributed by atoms with van der Waals surface area (Å²) in [6, 6.07) is -4.81. The molecule has 7 saturated heterocycles. The molecule has 23 N–H and O–H groups in total. The molecule has 7 heterocycles. The van der Waals surface area contributed by atoms with Gasteiger partial charge >= 0.3 is 0 Å². The van der Waals surface area contributed by atoms with Crippen LogP contribution in [-0.4, -0.2) is 393 Å². The van der Waals surface area contributed by atoms with E-state index in [9.17, 15) is 117 Å². The summed E-state index contributed by atoms with van der Waals surface area (Å²) < 4.78 is 83.1. The topological polar surface area (TPSA) is 621 Å². The molecule has 7 aliphatic rings. The average molecular weight is 1770 g/mol. The van der Waals surface area contributed by atoms with Crippen LogP contribution in [0.3, 0.4) is 0 Å². The summed E-state index contributed by atoms with van der Waals surface area (Å²) in [7, 11) is 0. The van der Waals surface area contributed by atoms with Gasteiger partial charge in [-0.25, -0.2) is 0 Å². The minimum Gasteiger partial charge on any atom is -0.394 e. The normalized spacial score (nSPS) is 38.9. The number of unbranched alkanes of at least 4 members (excludes halogenated alkanes) is 25. The van der Waals surface area contributed by atoms with Crippen LogP contribution in [0.15, 0.2) is 12.2 Å². The van der Waals surface area contributed by atoms with E-state index in [0.717, 1.165) is 65.2 Å². The van der Waals surface area contributed by atoms with E-state index >= 15 is 0 Å². The van der Waals surface area contributed by atoms with E-state index in [0.29, 0.717) is 12.8 Å². The van der Waals surface area contributed by atoms with Crippen LogP contribution in [0, 0.1) is 0 Å².